The van der Waals surface area contributed by atoms with Crippen LogP contribution in [0.5, 0.6) is 0 Å². The summed E-state index contributed by atoms with van der Waals surface area (Å²) in [6, 6.07) is 0. The SMILES string of the molecule is SCCCCC[CH2][Tl]. The monoisotopic (exact) mass is 322 g/mol. The van der Waals surface area contributed by atoms with Gasteiger partial charge < -0.3 is 0 Å². The normalized spacial score (nSPS) is 9.50. The zero-order valence-corrected chi connectivity index (χ0v) is 10.7. The third-order valence-electron chi connectivity index (χ3n) is 1.11. The first-order valence-corrected chi connectivity index (χ1v) is 7.03. The molecule has 0 N–H and O–H groups in total. The molecule has 0 bridgehead atoms. The quantitative estimate of drug-likeness (QED) is 0.447. The van der Waals surface area contributed by atoms with Gasteiger partial charge in [0.15, 0.2) is 0 Å². The summed E-state index contributed by atoms with van der Waals surface area (Å²) in [6.07, 6.45) is 5.62. The molecule has 0 rings (SSSR count). The van der Waals surface area contributed by atoms with Crippen LogP contribution in [0.15, 0.2) is 0 Å². The van der Waals surface area contributed by atoms with Crippen LogP contribution >= 0.6 is 12.6 Å². The summed E-state index contributed by atoms with van der Waals surface area (Å²) in [7, 11) is 0. The third kappa shape index (κ3) is 7.27. The summed E-state index contributed by atoms with van der Waals surface area (Å²) in [5.74, 6) is 1.07. The molecule has 2 heteroatoms. The molecule has 0 saturated heterocycles. The molecule has 0 fully saturated rings. The minimum absolute atomic E-state index is 1.07. The molecule has 0 aliphatic carbocycles. The van der Waals surface area contributed by atoms with Crippen molar-refractivity contribution >= 4 is 38.4 Å². The number of hydrogen-bond donors (Lipinski definition) is 1. The van der Waals surface area contributed by atoms with Crippen molar-refractivity contribution in [2.75, 3.05) is 5.75 Å². The van der Waals surface area contributed by atoms with Crippen molar-refractivity contribution in [3.8, 4) is 0 Å². The van der Waals surface area contributed by atoms with Crippen molar-refractivity contribution < 1.29 is 0 Å². The van der Waals surface area contributed by atoms with E-state index in [0.29, 0.717) is 0 Å². The second-order valence-corrected chi connectivity index (χ2v) is 4.62. The Morgan fingerprint density at radius 2 is 1.62 bits per heavy atom. The van der Waals surface area contributed by atoms with Gasteiger partial charge >= 0.3 is 73.8 Å². The van der Waals surface area contributed by atoms with E-state index < -0.39 is 0 Å². The van der Waals surface area contributed by atoms with Gasteiger partial charge in [-0.3, -0.25) is 0 Å². The molecule has 0 atom stereocenters. The number of thiol groups is 1. The zero-order valence-electron chi connectivity index (χ0n) is 5.27. The first-order valence-electron chi connectivity index (χ1n) is 3.22. The molecule has 8 heavy (non-hydrogen) atoms. The molecule has 0 aromatic rings. The van der Waals surface area contributed by atoms with E-state index in [9.17, 15) is 0 Å². The van der Waals surface area contributed by atoms with Crippen LogP contribution in [0.25, 0.3) is 0 Å². The summed E-state index contributed by atoms with van der Waals surface area (Å²) in [4.78, 5) is 0. The molecule has 0 aliphatic rings. The molecule has 0 aliphatic heterocycles. The summed E-state index contributed by atoms with van der Waals surface area (Å²) in [6.45, 7) is 0. The Bertz CT molecular complexity index is 33.5. The van der Waals surface area contributed by atoms with Gasteiger partial charge in [0.25, 0.3) is 0 Å². The second-order valence-electron chi connectivity index (χ2n) is 1.93. The van der Waals surface area contributed by atoms with Gasteiger partial charge in [-0.15, -0.1) is 0 Å². The number of hydrogen-bond acceptors (Lipinski definition) is 1. The predicted molar refractivity (Wildman–Crippen MR) is 42.9 cm³/mol. The third-order valence-corrected chi connectivity index (χ3v) is 3.02. The van der Waals surface area contributed by atoms with Crippen molar-refractivity contribution in [1.29, 1.82) is 0 Å². The first kappa shape index (κ1) is 9.27. The molecule has 0 unspecified atom stereocenters. The van der Waals surface area contributed by atoms with Gasteiger partial charge in [0, 0.05) is 0 Å². The molecule has 0 nitrogen and oxygen atoms in total. The average molecular weight is 322 g/mol. The Morgan fingerprint density at radius 1 is 1.00 bits per heavy atom. The zero-order chi connectivity index (χ0) is 6.24. The molecule has 0 heterocycles. The van der Waals surface area contributed by atoms with Crippen LogP contribution in [0.4, 0.5) is 0 Å². The first-order chi connectivity index (χ1) is 3.91. The van der Waals surface area contributed by atoms with Gasteiger partial charge in [-0.1, -0.05) is 0 Å². The van der Waals surface area contributed by atoms with Crippen molar-refractivity contribution in [2.24, 2.45) is 0 Å². The fourth-order valence-electron chi connectivity index (χ4n) is 0.610. The van der Waals surface area contributed by atoms with Crippen LogP contribution in [0.2, 0.25) is 3.98 Å². The molecule has 0 saturated carbocycles. The molecule has 0 spiro atoms. The van der Waals surface area contributed by atoms with Crippen LogP contribution in [0.1, 0.15) is 25.7 Å². The predicted octanol–water partition coefficient (Wildman–Crippen LogP) is 2.06. The maximum absolute atomic E-state index is 4.13. The van der Waals surface area contributed by atoms with Crippen LogP contribution in [0, 0.1) is 0 Å². The van der Waals surface area contributed by atoms with Gasteiger partial charge in [0.1, 0.15) is 0 Å². The van der Waals surface area contributed by atoms with E-state index in [1.54, 1.807) is 0 Å². The van der Waals surface area contributed by atoms with Gasteiger partial charge in [0.2, 0.25) is 0 Å². The maximum atomic E-state index is 4.13. The van der Waals surface area contributed by atoms with Crippen molar-refractivity contribution in [3.05, 3.63) is 0 Å². The molecular formula is C6H13STl. The van der Waals surface area contributed by atoms with Gasteiger partial charge in [-0.05, 0) is 0 Å². The summed E-state index contributed by atoms with van der Waals surface area (Å²) < 4.78 is 1.51. The van der Waals surface area contributed by atoms with E-state index in [1.807, 2.05) is 0 Å². The fourth-order valence-corrected chi connectivity index (χ4v) is 1.96. The second kappa shape index (κ2) is 8.27. The van der Waals surface area contributed by atoms with E-state index >= 15 is 0 Å². The summed E-state index contributed by atoms with van der Waals surface area (Å²) >= 11 is 5.35. The summed E-state index contributed by atoms with van der Waals surface area (Å²) in [5, 5.41) is 0. The molecule has 0 aromatic carbocycles. The molecule has 0 radical (unpaired) electrons. The minimum atomic E-state index is 1.07. The molecular weight excluding hydrogens is 309 g/mol. The van der Waals surface area contributed by atoms with Crippen LogP contribution in [-0.2, 0) is 0 Å². The van der Waals surface area contributed by atoms with Crippen LogP contribution < -0.4 is 0 Å². The Hall–Kier alpha value is 1.27. The van der Waals surface area contributed by atoms with E-state index in [4.69, 9.17) is 0 Å². The standard InChI is InChI=1S/C6H13S.Tl/c1-2-3-4-5-6-7;/h7H,1-6H2;. The number of rotatable bonds is 5. The van der Waals surface area contributed by atoms with Crippen LogP contribution in [-0.4, -0.2) is 31.5 Å². The fraction of sp³-hybridized carbons (Fsp3) is 1.00. The van der Waals surface area contributed by atoms with Gasteiger partial charge in [0.05, 0.1) is 0 Å². The van der Waals surface area contributed by atoms with E-state index in [2.05, 4.69) is 12.6 Å². The van der Waals surface area contributed by atoms with E-state index in [-0.39, 0.29) is 0 Å². The van der Waals surface area contributed by atoms with Gasteiger partial charge in [-0.25, -0.2) is 0 Å². The van der Waals surface area contributed by atoms with E-state index in [1.165, 1.54) is 55.4 Å². The number of unbranched alkanes of at least 4 members (excludes halogenated alkanes) is 3. The van der Waals surface area contributed by atoms with E-state index in [0.717, 1.165) is 5.75 Å². The average Bonchev–Trinajstić information content (AvgIpc) is 1.81. The van der Waals surface area contributed by atoms with Crippen molar-refractivity contribution in [3.63, 3.8) is 0 Å². The Labute approximate surface area is 73.5 Å². The topological polar surface area (TPSA) is 0 Å². The Balaban J connectivity index is 2.53. The van der Waals surface area contributed by atoms with Crippen LogP contribution in [0.3, 0.4) is 0 Å². The van der Waals surface area contributed by atoms with Crippen molar-refractivity contribution in [2.45, 2.75) is 29.7 Å². The molecule has 46 valence electrons. The van der Waals surface area contributed by atoms with Crippen molar-refractivity contribution in [1.82, 2.24) is 0 Å². The van der Waals surface area contributed by atoms with Gasteiger partial charge in [-0.2, -0.15) is 0 Å². The summed E-state index contributed by atoms with van der Waals surface area (Å²) in [5.41, 5.74) is 0. The molecule has 0 amide bonds. The Kier molecular flexibility index (Phi) is 9.59. The molecule has 0 aromatic heterocycles. The Morgan fingerprint density at radius 3 is 2.12 bits per heavy atom.